The van der Waals surface area contributed by atoms with E-state index in [4.69, 9.17) is 16.3 Å². The lowest BCUT2D eigenvalue weighted by Gasteiger charge is -2.46. The second-order valence-corrected chi connectivity index (χ2v) is 5.98. The molecule has 1 saturated carbocycles. The van der Waals surface area contributed by atoms with Gasteiger partial charge < -0.3 is 4.74 Å². The molecule has 0 amide bonds. The first-order valence-corrected chi connectivity index (χ1v) is 7.11. The highest BCUT2D eigenvalue weighted by molar-refractivity contribution is 6.31. The lowest BCUT2D eigenvalue weighted by molar-refractivity contribution is -0.137. The second-order valence-electron chi connectivity index (χ2n) is 5.57. The number of ether oxygens (including phenoxy) is 1. The summed E-state index contributed by atoms with van der Waals surface area (Å²) >= 11 is 5.74. The van der Waals surface area contributed by atoms with Gasteiger partial charge in [0.05, 0.1) is 10.6 Å². The average Bonchev–Trinajstić information content (AvgIpc) is 2.39. The molecule has 2 fully saturated rings. The van der Waals surface area contributed by atoms with Gasteiger partial charge in [0.1, 0.15) is 5.82 Å². The van der Waals surface area contributed by atoms with Crippen LogP contribution in [0, 0.1) is 11.7 Å². The highest BCUT2D eigenvalue weighted by atomic mass is 35.5. The van der Waals surface area contributed by atoms with Gasteiger partial charge in [0.15, 0.2) is 5.78 Å². The molecule has 3 rings (SSSR count). The molecule has 0 bridgehead atoms. The van der Waals surface area contributed by atoms with Crippen LogP contribution in [0.25, 0.3) is 0 Å². The molecular weight excluding hydrogens is 267 g/mol. The summed E-state index contributed by atoms with van der Waals surface area (Å²) in [6.45, 7) is 0.644. The van der Waals surface area contributed by atoms with Crippen molar-refractivity contribution in [2.75, 3.05) is 6.61 Å². The van der Waals surface area contributed by atoms with Gasteiger partial charge in [0.25, 0.3) is 0 Å². The predicted molar refractivity (Wildman–Crippen MR) is 71.0 cm³/mol. The molecule has 1 unspecified atom stereocenters. The molecule has 1 atom stereocenters. The summed E-state index contributed by atoms with van der Waals surface area (Å²) in [5, 5.41) is 0.0104. The molecule has 0 aromatic heterocycles. The maximum atomic E-state index is 13.1. The van der Waals surface area contributed by atoms with Crippen molar-refractivity contribution in [1.82, 2.24) is 0 Å². The SMILES string of the molecule is O=C(c1ccc(F)c(Cl)c1)C1CCOC2(CCC2)C1. The Hall–Kier alpha value is -0.930. The van der Waals surface area contributed by atoms with E-state index in [1.807, 2.05) is 0 Å². The summed E-state index contributed by atoms with van der Waals surface area (Å²) in [5.41, 5.74) is 0.454. The normalized spacial score (nSPS) is 25.1. The molecule has 1 heterocycles. The maximum absolute atomic E-state index is 13.1. The van der Waals surface area contributed by atoms with E-state index in [-0.39, 0.29) is 22.3 Å². The fourth-order valence-corrected chi connectivity index (χ4v) is 3.24. The highest BCUT2D eigenvalue weighted by Crippen LogP contribution is 2.44. The second kappa shape index (κ2) is 4.88. The minimum atomic E-state index is -0.486. The summed E-state index contributed by atoms with van der Waals surface area (Å²) in [6.07, 6.45) is 4.83. The maximum Gasteiger partial charge on any atom is 0.166 e. The van der Waals surface area contributed by atoms with Crippen molar-refractivity contribution in [3.8, 4) is 0 Å². The van der Waals surface area contributed by atoms with Crippen LogP contribution in [0.15, 0.2) is 18.2 Å². The zero-order valence-corrected chi connectivity index (χ0v) is 11.4. The Labute approximate surface area is 116 Å². The van der Waals surface area contributed by atoms with Gasteiger partial charge in [-0.3, -0.25) is 4.79 Å². The van der Waals surface area contributed by atoms with Crippen LogP contribution in [0.4, 0.5) is 4.39 Å². The zero-order chi connectivity index (χ0) is 13.5. The van der Waals surface area contributed by atoms with Crippen LogP contribution < -0.4 is 0 Å². The van der Waals surface area contributed by atoms with Crippen LogP contribution in [-0.2, 0) is 4.74 Å². The molecule has 1 aliphatic heterocycles. The Balaban J connectivity index is 1.77. The highest BCUT2D eigenvalue weighted by Gasteiger charge is 2.44. The number of ketones is 1. The first kappa shape index (κ1) is 13.1. The summed E-state index contributed by atoms with van der Waals surface area (Å²) < 4.78 is 19.0. The molecule has 0 radical (unpaired) electrons. The third-order valence-corrected chi connectivity index (χ3v) is 4.62. The van der Waals surface area contributed by atoms with Crippen molar-refractivity contribution in [3.05, 3.63) is 34.6 Å². The largest absolute Gasteiger partial charge is 0.375 e. The van der Waals surface area contributed by atoms with E-state index in [0.717, 1.165) is 25.7 Å². The molecule has 2 aliphatic rings. The third-order valence-electron chi connectivity index (χ3n) is 4.33. The summed E-state index contributed by atoms with van der Waals surface area (Å²) in [5.74, 6) is -0.437. The number of carbonyl (C=O) groups excluding carboxylic acids is 1. The minimum Gasteiger partial charge on any atom is -0.375 e. The summed E-state index contributed by atoms with van der Waals surface area (Å²) in [4.78, 5) is 12.5. The Morgan fingerprint density at radius 3 is 2.84 bits per heavy atom. The Morgan fingerprint density at radius 1 is 1.42 bits per heavy atom. The van der Waals surface area contributed by atoms with Gasteiger partial charge >= 0.3 is 0 Å². The zero-order valence-electron chi connectivity index (χ0n) is 10.6. The number of Topliss-reactive ketones (excluding diaryl/α,β-unsaturated/α-hetero) is 1. The van der Waals surface area contributed by atoms with Crippen LogP contribution in [0.5, 0.6) is 0 Å². The van der Waals surface area contributed by atoms with E-state index >= 15 is 0 Å². The smallest absolute Gasteiger partial charge is 0.166 e. The third kappa shape index (κ3) is 2.41. The molecule has 19 heavy (non-hydrogen) atoms. The number of halogens is 2. The van der Waals surface area contributed by atoms with Gasteiger partial charge in [-0.1, -0.05) is 11.6 Å². The van der Waals surface area contributed by atoms with E-state index in [0.29, 0.717) is 12.2 Å². The van der Waals surface area contributed by atoms with E-state index in [2.05, 4.69) is 0 Å². The number of carbonyl (C=O) groups is 1. The number of hydrogen-bond donors (Lipinski definition) is 0. The first-order chi connectivity index (χ1) is 9.10. The lowest BCUT2D eigenvalue weighted by Crippen LogP contribution is -2.47. The van der Waals surface area contributed by atoms with Gasteiger partial charge in [-0.25, -0.2) is 4.39 Å². The van der Waals surface area contributed by atoms with Crippen molar-refractivity contribution in [2.24, 2.45) is 5.92 Å². The fourth-order valence-electron chi connectivity index (χ4n) is 3.06. The molecule has 1 aromatic rings. The van der Waals surface area contributed by atoms with Crippen LogP contribution in [-0.4, -0.2) is 18.0 Å². The predicted octanol–water partition coefficient (Wildman–Crippen LogP) is 4.01. The van der Waals surface area contributed by atoms with E-state index < -0.39 is 5.82 Å². The summed E-state index contributed by atoms with van der Waals surface area (Å²) in [6, 6.07) is 4.21. The van der Waals surface area contributed by atoms with Gasteiger partial charge in [0.2, 0.25) is 0 Å². The molecule has 0 N–H and O–H groups in total. The Morgan fingerprint density at radius 2 is 2.21 bits per heavy atom. The quantitative estimate of drug-likeness (QED) is 0.766. The topological polar surface area (TPSA) is 26.3 Å². The molecule has 1 aliphatic carbocycles. The van der Waals surface area contributed by atoms with Crippen LogP contribution in [0.1, 0.15) is 42.5 Å². The fraction of sp³-hybridized carbons (Fsp3) is 0.533. The van der Waals surface area contributed by atoms with Crippen molar-refractivity contribution < 1.29 is 13.9 Å². The Kier molecular flexibility index (Phi) is 3.35. The van der Waals surface area contributed by atoms with Gasteiger partial charge in [-0.15, -0.1) is 0 Å². The van der Waals surface area contributed by atoms with Crippen LogP contribution in [0.2, 0.25) is 5.02 Å². The van der Waals surface area contributed by atoms with Crippen molar-refractivity contribution in [1.29, 1.82) is 0 Å². The van der Waals surface area contributed by atoms with Gasteiger partial charge in [-0.2, -0.15) is 0 Å². The monoisotopic (exact) mass is 282 g/mol. The lowest BCUT2D eigenvalue weighted by atomic mass is 9.70. The van der Waals surface area contributed by atoms with Gasteiger partial charge in [-0.05, 0) is 50.3 Å². The molecule has 4 heteroatoms. The molecule has 2 nitrogen and oxygen atoms in total. The number of rotatable bonds is 2. The minimum absolute atomic E-state index is 0.0104. The molecule has 1 spiro atoms. The standard InChI is InChI=1S/C15H16ClFO2/c16-12-8-10(2-3-13(12)17)14(18)11-4-7-19-15(9-11)5-1-6-15/h2-3,8,11H,1,4-7,9H2. The molecule has 102 valence electrons. The van der Waals surface area contributed by atoms with Crippen LogP contribution >= 0.6 is 11.6 Å². The molecule has 1 aromatic carbocycles. The van der Waals surface area contributed by atoms with Gasteiger partial charge in [0, 0.05) is 18.1 Å². The van der Waals surface area contributed by atoms with Crippen molar-refractivity contribution in [3.63, 3.8) is 0 Å². The number of benzene rings is 1. The molecule has 1 saturated heterocycles. The molecular formula is C15H16ClFO2. The van der Waals surface area contributed by atoms with Crippen molar-refractivity contribution >= 4 is 17.4 Å². The summed E-state index contributed by atoms with van der Waals surface area (Å²) in [7, 11) is 0. The number of hydrogen-bond acceptors (Lipinski definition) is 2. The van der Waals surface area contributed by atoms with E-state index in [9.17, 15) is 9.18 Å². The average molecular weight is 283 g/mol. The van der Waals surface area contributed by atoms with E-state index in [1.165, 1.54) is 24.6 Å². The van der Waals surface area contributed by atoms with Crippen LogP contribution in [0.3, 0.4) is 0 Å². The Bertz CT molecular complexity index is 511. The van der Waals surface area contributed by atoms with Crippen molar-refractivity contribution in [2.45, 2.75) is 37.7 Å². The first-order valence-electron chi connectivity index (χ1n) is 6.73. The van der Waals surface area contributed by atoms with E-state index in [1.54, 1.807) is 0 Å².